The number of benzene rings is 2. The van der Waals surface area contributed by atoms with E-state index in [1.54, 1.807) is 37.0 Å². The van der Waals surface area contributed by atoms with Crippen LogP contribution in [0.5, 0.6) is 5.75 Å². The maximum absolute atomic E-state index is 12.3. The van der Waals surface area contributed by atoms with Crippen LogP contribution in [0.3, 0.4) is 0 Å². The van der Waals surface area contributed by atoms with Gasteiger partial charge in [0.25, 0.3) is 10.0 Å². The monoisotopic (exact) mass is 373 g/mol. The zero-order chi connectivity index (χ0) is 17.7. The first kappa shape index (κ1) is 17.1. The molecular weight excluding hydrogens is 358 g/mol. The molecule has 3 rings (SSSR count). The number of aliphatic imine (C=N–C) groups is 1. The van der Waals surface area contributed by atoms with Crippen molar-refractivity contribution in [2.45, 2.75) is 4.90 Å². The molecular formula is C17H15N3O3S2. The summed E-state index contributed by atoms with van der Waals surface area (Å²) < 4.78 is 32.1. The van der Waals surface area contributed by atoms with Gasteiger partial charge in [0.2, 0.25) is 0 Å². The summed E-state index contributed by atoms with van der Waals surface area (Å²) in [7, 11) is -2.04. The Morgan fingerprint density at radius 1 is 1.20 bits per heavy atom. The van der Waals surface area contributed by atoms with Crippen molar-refractivity contribution in [3.63, 3.8) is 0 Å². The van der Waals surface area contributed by atoms with Gasteiger partial charge < -0.3 is 4.74 Å². The van der Waals surface area contributed by atoms with Crippen molar-refractivity contribution in [2.24, 2.45) is 4.99 Å². The topological polar surface area (TPSA) is 80.6 Å². The molecule has 0 aliphatic carbocycles. The van der Waals surface area contributed by atoms with E-state index in [1.807, 2.05) is 24.3 Å². The van der Waals surface area contributed by atoms with Crippen LogP contribution in [-0.4, -0.2) is 26.7 Å². The maximum Gasteiger partial charge on any atom is 0.263 e. The molecule has 0 radical (unpaired) electrons. The minimum absolute atomic E-state index is 0.156. The molecule has 0 spiro atoms. The van der Waals surface area contributed by atoms with Gasteiger partial charge in [0, 0.05) is 17.8 Å². The van der Waals surface area contributed by atoms with E-state index in [0.717, 1.165) is 11.3 Å². The highest BCUT2D eigenvalue weighted by atomic mass is 32.2. The summed E-state index contributed by atoms with van der Waals surface area (Å²) >= 11 is 1.22. The number of nitrogens with zero attached hydrogens (tertiary/aromatic N) is 2. The number of methoxy groups -OCH3 is 1. The molecule has 0 unspecified atom stereocenters. The summed E-state index contributed by atoms with van der Waals surface area (Å²) in [5.41, 5.74) is 1.54. The second-order valence-corrected chi connectivity index (χ2v) is 7.55. The van der Waals surface area contributed by atoms with Gasteiger partial charge in [0.05, 0.1) is 17.7 Å². The van der Waals surface area contributed by atoms with Crippen LogP contribution in [-0.2, 0) is 10.0 Å². The quantitative estimate of drug-likeness (QED) is 0.668. The molecule has 0 aliphatic rings. The number of rotatable bonds is 6. The Bertz CT molecular complexity index is 967. The second-order valence-electron chi connectivity index (χ2n) is 4.97. The zero-order valence-corrected chi connectivity index (χ0v) is 14.9. The average Bonchev–Trinajstić information content (AvgIpc) is 3.13. The van der Waals surface area contributed by atoms with Gasteiger partial charge in [-0.2, -0.15) is 0 Å². The molecule has 0 fully saturated rings. The molecule has 1 N–H and O–H groups in total. The van der Waals surface area contributed by atoms with Crippen LogP contribution in [0.2, 0.25) is 0 Å². The molecule has 8 heteroatoms. The third-order valence-corrected chi connectivity index (χ3v) is 5.43. The maximum atomic E-state index is 12.3. The molecule has 25 heavy (non-hydrogen) atoms. The molecule has 0 aliphatic heterocycles. The van der Waals surface area contributed by atoms with Gasteiger partial charge in [0.15, 0.2) is 5.13 Å². The molecule has 0 amide bonds. The number of sulfonamides is 1. The normalized spacial score (nSPS) is 11.6. The number of hydrogen-bond acceptors (Lipinski definition) is 6. The largest absolute Gasteiger partial charge is 0.497 e. The molecule has 3 aromatic rings. The first-order chi connectivity index (χ1) is 12.1. The Kier molecular flexibility index (Phi) is 5.11. The van der Waals surface area contributed by atoms with E-state index in [4.69, 9.17) is 4.74 Å². The predicted octanol–water partition coefficient (Wildman–Crippen LogP) is 3.70. The van der Waals surface area contributed by atoms with Crippen LogP contribution in [0.4, 0.5) is 10.8 Å². The first-order valence-electron chi connectivity index (χ1n) is 7.27. The Labute approximate surface area is 149 Å². The Balaban J connectivity index is 1.74. The summed E-state index contributed by atoms with van der Waals surface area (Å²) in [5.74, 6) is 0.749. The van der Waals surface area contributed by atoms with Crippen LogP contribution in [0.15, 0.2) is 70.0 Å². The molecule has 0 bridgehead atoms. The van der Waals surface area contributed by atoms with Gasteiger partial charge in [-0.3, -0.25) is 9.71 Å². The van der Waals surface area contributed by atoms with Gasteiger partial charge in [-0.15, -0.1) is 11.3 Å². The molecule has 6 nitrogen and oxygen atoms in total. The summed E-state index contributed by atoms with van der Waals surface area (Å²) in [6, 6.07) is 13.8. The van der Waals surface area contributed by atoms with E-state index in [-0.39, 0.29) is 4.90 Å². The van der Waals surface area contributed by atoms with Gasteiger partial charge in [-0.1, -0.05) is 12.1 Å². The Hall–Kier alpha value is -2.71. The van der Waals surface area contributed by atoms with E-state index in [1.165, 1.54) is 23.5 Å². The Morgan fingerprint density at radius 3 is 2.68 bits per heavy atom. The van der Waals surface area contributed by atoms with Gasteiger partial charge in [-0.05, 0) is 42.0 Å². The number of aromatic nitrogens is 1. The van der Waals surface area contributed by atoms with E-state index >= 15 is 0 Å². The highest BCUT2D eigenvalue weighted by molar-refractivity contribution is 7.93. The number of hydrogen-bond donors (Lipinski definition) is 1. The molecule has 128 valence electrons. The Morgan fingerprint density at radius 2 is 2.00 bits per heavy atom. The average molecular weight is 373 g/mol. The van der Waals surface area contributed by atoms with E-state index < -0.39 is 10.0 Å². The number of nitrogens with one attached hydrogen (secondary N) is 1. The van der Waals surface area contributed by atoms with Crippen molar-refractivity contribution in [2.75, 3.05) is 11.8 Å². The number of anilines is 1. The third-order valence-electron chi connectivity index (χ3n) is 3.26. The summed E-state index contributed by atoms with van der Waals surface area (Å²) in [6.07, 6.45) is 3.23. The van der Waals surface area contributed by atoms with Crippen molar-refractivity contribution in [3.8, 4) is 5.75 Å². The lowest BCUT2D eigenvalue weighted by molar-refractivity contribution is 0.415. The summed E-state index contributed by atoms with van der Waals surface area (Å²) in [5, 5.41) is 2.04. The third kappa shape index (κ3) is 4.43. The smallest absolute Gasteiger partial charge is 0.263 e. The zero-order valence-electron chi connectivity index (χ0n) is 13.3. The van der Waals surface area contributed by atoms with Crippen LogP contribution >= 0.6 is 11.3 Å². The molecule has 1 heterocycles. The molecule has 2 aromatic carbocycles. The fourth-order valence-corrected chi connectivity index (χ4v) is 3.82. The highest BCUT2D eigenvalue weighted by Crippen LogP contribution is 2.21. The first-order valence-corrected chi connectivity index (χ1v) is 9.63. The fourth-order valence-electron chi connectivity index (χ4n) is 2.03. The fraction of sp³-hybridized carbons (Fsp3) is 0.0588. The minimum atomic E-state index is -3.65. The van der Waals surface area contributed by atoms with Crippen molar-refractivity contribution >= 4 is 38.4 Å². The van der Waals surface area contributed by atoms with Gasteiger partial charge in [0.1, 0.15) is 5.75 Å². The predicted molar refractivity (Wildman–Crippen MR) is 99.6 cm³/mol. The SMILES string of the molecule is COc1cccc(C=Nc2ccc(S(=O)(=O)Nc3nccs3)cc2)c1. The van der Waals surface area contributed by atoms with E-state index in [0.29, 0.717) is 10.8 Å². The van der Waals surface area contributed by atoms with E-state index in [9.17, 15) is 8.42 Å². The van der Waals surface area contributed by atoms with E-state index in [2.05, 4.69) is 14.7 Å². The van der Waals surface area contributed by atoms with Gasteiger partial charge in [-0.25, -0.2) is 13.4 Å². The minimum Gasteiger partial charge on any atom is -0.497 e. The van der Waals surface area contributed by atoms with Crippen LogP contribution < -0.4 is 9.46 Å². The van der Waals surface area contributed by atoms with Crippen molar-refractivity contribution < 1.29 is 13.2 Å². The van der Waals surface area contributed by atoms with Crippen LogP contribution in [0.1, 0.15) is 5.56 Å². The van der Waals surface area contributed by atoms with Crippen LogP contribution in [0.25, 0.3) is 0 Å². The molecule has 0 saturated carbocycles. The lowest BCUT2D eigenvalue weighted by atomic mass is 10.2. The summed E-state index contributed by atoms with van der Waals surface area (Å²) in [6.45, 7) is 0. The lowest BCUT2D eigenvalue weighted by Gasteiger charge is -2.05. The highest BCUT2D eigenvalue weighted by Gasteiger charge is 2.14. The van der Waals surface area contributed by atoms with Crippen molar-refractivity contribution in [1.29, 1.82) is 0 Å². The lowest BCUT2D eigenvalue weighted by Crippen LogP contribution is -2.12. The van der Waals surface area contributed by atoms with Crippen molar-refractivity contribution in [1.82, 2.24) is 4.98 Å². The molecule has 1 aromatic heterocycles. The molecule has 0 saturated heterocycles. The number of thiazole rings is 1. The number of ether oxygens (including phenoxy) is 1. The van der Waals surface area contributed by atoms with Crippen LogP contribution in [0, 0.1) is 0 Å². The second kappa shape index (κ2) is 7.45. The van der Waals surface area contributed by atoms with Gasteiger partial charge >= 0.3 is 0 Å². The standard InChI is InChI=1S/C17H15N3O3S2/c1-23-15-4-2-3-13(11-15)12-19-14-5-7-16(8-6-14)25(21,22)20-17-18-9-10-24-17/h2-12H,1H3,(H,18,20). The molecule has 0 atom stereocenters. The summed E-state index contributed by atoms with van der Waals surface area (Å²) in [4.78, 5) is 8.42. The van der Waals surface area contributed by atoms with Crippen molar-refractivity contribution in [3.05, 3.63) is 65.7 Å².